The molecule has 51 heavy (non-hydrogen) atoms. The largest absolute Gasteiger partial charge is 0.411 e. The number of sulfonamides is 1. The number of nitrogens with one attached hydrogen (secondary N) is 2. The second-order valence-electron chi connectivity index (χ2n) is 14.0. The lowest BCUT2D eigenvalue weighted by Gasteiger charge is -2.33. The van der Waals surface area contributed by atoms with Crippen LogP contribution in [0.2, 0.25) is 0 Å². The second kappa shape index (κ2) is 18.6. The maximum Gasteiger partial charge on any atom is 0.318 e. The first kappa shape index (κ1) is 39.9. The zero-order chi connectivity index (χ0) is 37.1. The van der Waals surface area contributed by atoms with Gasteiger partial charge in [-0.2, -0.15) is 4.31 Å². The molecule has 2 aromatic carbocycles. The fraction of sp³-hybridized carbons (Fsp3) is 0.514. The molecule has 278 valence electrons. The third-order valence-corrected chi connectivity index (χ3v) is 12.2. The van der Waals surface area contributed by atoms with Crippen LogP contribution in [0.3, 0.4) is 0 Å². The molecule has 1 saturated carbocycles. The highest BCUT2D eigenvalue weighted by atomic mass is 32.2. The molecular formula is C37H52N6O6S2. The van der Waals surface area contributed by atoms with Gasteiger partial charge in [-0.3, -0.25) is 4.79 Å². The molecule has 14 heteroatoms. The van der Waals surface area contributed by atoms with E-state index in [0.717, 1.165) is 41.9 Å². The van der Waals surface area contributed by atoms with Crippen LogP contribution in [0.5, 0.6) is 0 Å². The molecule has 3 amide bonds. The molecule has 4 rings (SSSR count). The summed E-state index contributed by atoms with van der Waals surface area (Å²) in [5.41, 5.74) is 2.15. The number of nitrogens with zero attached hydrogens (tertiary/aromatic N) is 4. The lowest BCUT2D eigenvalue weighted by molar-refractivity contribution is -0.125. The van der Waals surface area contributed by atoms with Crippen molar-refractivity contribution >= 4 is 39.5 Å². The second-order valence-corrected chi connectivity index (χ2v) is 16.8. The highest BCUT2D eigenvalue weighted by molar-refractivity contribution is 7.89. The molecule has 1 fully saturated rings. The number of aliphatic hydroxyl groups is 1. The van der Waals surface area contributed by atoms with E-state index in [-0.39, 0.29) is 48.7 Å². The Labute approximate surface area is 306 Å². The van der Waals surface area contributed by atoms with Crippen molar-refractivity contribution in [2.45, 2.75) is 95.3 Å². The smallest absolute Gasteiger partial charge is 0.318 e. The Morgan fingerprint density at radius 2 is 1.71 bits per heavy atom. The lowest BCUT2D eigenvalue weighted by atomic mass is 9.98. The van der Waals surface area contributed by atoms with E-state index >= 15 is 0 Å². The number of aliphatic hydroxyl groups excluding tert-OH is 1. The number of urea groups is 1. The average molecular weight is 741 g/mol. The minimum atomic E-state index is -4.05. The van der Waals surface area contributed by atoms with Gasteiger partial charge in [0, 0.05) is 31.4 Å². The molecule has 12 nitrogen and oxygen atoms in total. The van der Waals surface area contributed by atoms with Crippen molar-refractivity contribution in [1.29, 1.82) is 0 Å². The van der Waals surface area contributed by atoms with Gasteiger partial charge in [-0.05, 0) is 54.4 Å². The standard InChI is InChI=1S/C37H52N6O6S2/c1-25(2)34(41-37(46)42(5)22-30-24-50-36(39-30)26(3)4)35(45)40-32(19-27-11-7-6-8-12-27)33(44)23-43(21-29-13-9-10-14-29)51(48,49)31-17-15-28(16-18-31)20-38-47/h6-8,11-12,15-18,20,24-26,29,32-34,44,47H,9-10,13-14,19,21-23H2,1-5H3,(H,40,45)(H,41,46)/b38-20+/t32-,33?,34+/m0/s1. The van der Waals surface area contributed by atoms with Gasteiger partial charge >= 0.3 is 6.03 Å². The summed E-state index contributed by atoms with van der Waals surface area (Å²) in [7, 11) is -2.40. The zero-order valence-electron chi connectivity index (χ0n) is 30.1. The van der Waals surface area contributed by atoms with Crippen LogP contribution < -0.4 is 10.6 Å². The monoisotopic (exact) mass is 740 g/mol. The molecule has 1 aromatic heterocycles. The number of carbonyl (C=O) groups is 2. The summed E-state index contributed by atoms with van der Waals surface area (Å²) in [5, 5.41) is 32.5. The van der Waals surface area contributed by atoms with Crippen LogP contribution in [-0.2, 0) is 27.8 Å². The quantitative estimate of drug-likeness (QED) is 0.0839. The van der Waals surface area contributed by atoms with Crippen molar-refractivity contribution < 1.29 is 28.3 Å². The Kier molecular flexibility index (Phi) is 14.5. The predicted molar refractivity (Wildman–Crippen MR) is 199 cm³/mol. The summed E-state index contributed by atoms with van der Waals surface area (Å²) < 4.78 is 29.5. The fourth-order valence-electron chi connectivity index (χ4n) is 6.21. The summed E-state index contributed by atoms with van der Waals surface area (Å²) in [6.07, 6.45) is 3.99. The number of thiazole rings is 1. The molecule has 0 saturated heterocycles. The Morgan fingerprint density at radius 1 is 1.04 bits per heavy atom. The van der Waals surface area contributed by atoms with E-state index in [2.05, 4.69) is 34.6 Å². The molecule has 1 aliphatic rings. The number of oxime groups is 1. The van der Waals surface area contributed by atoms with Crippen molar-refractivity contribution in [3.63, 3.8) is 0 Å². The Hall–Kier alpha value is -3.85. The van der Waals surface area contributed by atoms with E-state index in [1.165, 1.54) is 27.6 Å². The molecule has 0 bridgehead atoms. The SMILES string of the molecule is CC(C)c1nc(CN(C)C(=O)N[C@@H](C(=O)N[C@@H](Cc2ccccc2)C(O)CN(CC2CCCC2)S(=O)(=O)c2ccc(/C=N/O)cc2)C(C)C)cs1. The van der Waals surface area contributed by atoms with Crippen LogP contribution in [0.25, 0.3) is 0 Å². The van der Waals surface area contributed by atoms with E-state index in [1.807, 2.05) is 49.6 Å². The number of hydrogen-bond donors (Lipinski definition) is 4. The van der Waals surface area contributed by atoms with E-state index in [9.17, 15) is 23.1 Å². The minimum Gasteiger partial charge on any atom is -0.411 e. The summed E-state index contributed by atoms with van der Waals surface area (Å²) in [4.78, 5) is 33.4. The van der Waals surface area contributed by atoms with Gasteiger partial charge in [0.25, 0.3) is 0 Å². The molecule has 0 radical (unpaired) electrons. The van der Waals surface area contributed by atoms with Crippen LogP contribution in [0.1, 0.15) is 81.1 Å². The van der Waals surface area contributed by atoms with Crippen LogP contribution in [0.15, 0.2) is 70.0 Å². The van der Waals surface area contributed by atoms with E-state index in [0.29, 0.717) is 5.56 Å². The van der Waals surface area contributed by atoms with Gasteiger partial charge in [-0.15, -0.1) is 11.3 Å². The average Bonchev–Trinajstić information content (AvgIpc) is 3.80. The number of amides is 3. The van der Waals surface area contributed by atoms with E-state index < -0.39 is 40.1 Å². The molecule has 0 aliphatic heterocycles. The van der Waals surface area contributed by atoms with Crippen molar-refractivity contribution in [3.8, 4) is 0 Å². The van der Waals surface area contributed by atoms with Crippen LogP contribution in [-0.4, -0.2) is 89.4 Å². The first-order valence-electron chi connectivity index (χ1n) is 17.5. The third-order valence-electron chi connectivity index (χ3n) is 9.18. The van der Waals surface area contributed by atoms with Gasteiger partial charge in [0.05, 0.1) is 40.5 Å². The molecular weight excluding hydrogens is 689 g/mol. The third kappa shape index (κ3) is 11.3. The predicted octanol–water partition coefficient (Wildman–Crippen LogP) is 5.21. The van der Waals surface area contributed by atoms with Gasteiger partial charge in [0.2, 0.25) is 15.9 Å². The highest BCUT2D eigenvalue weighted by Crippen LogP contribution is 2.28. The van der Waals surface area contributed by atoms with Crippen molar-refractivity contribution in [2.75, 3.05) is 20.1 Å². The van der Waals surface area contributed by atoms with Crippen molar-refractivity contribution in [3.05, 3.63) is 81.8 Å². The van der Waals surface area contributed by atoms with Gasteiger partial charge in [0.1, 0.15) is 6.04 Å². The summed E-state index contributed by atoms with van der Waals surface area (Å²) in [6.45, 7) is 8.05. The Balaban J connectivity index is 1.54. The Bertz CT molecular complexity index is 1690. The van der Waals surface area contributed by atoms with Crippen molar-refractivity contribution in [2.24, 2.45) is 17.0 Å². The van der Waals surface area contributed by atoms with Gasteiger partial charge < -0.3 is 25.8 Å². The van der Waals surface area contributed by atoms with E-state index in [4.69, 9.17) is 5.21 Å². The van der Waals surface area contributed by atoms with Crippen LogP contribution in [0, 0.1) is 11.8 Å². The highest BCUT2D eigenvalue weighted by Gasteiger charge is 2.35. The van der Waals surface area contributed by atoms with Gasteiger partial charge in [-0.1, -0.05) is 88.2 Å². The maximum atomic E-state index is 14.1. The fourth-order valence-corrected chi connectivity index (χ4v) is 8.57. The summed E-state index contributed by atoms with van der Waals surface area (Å²) in [6, 6.07) is 13.1. The van der Waals surface area contributed by atoms with Crippen LogP contribution >= 0.6 is 11.3 Å². The number of hydrogen-bond acceptors (Lipinski definition) is 9. The zero-order valence-corrected chi connectivity index (χ0v) is 31.7. The van der Waals surface area contributed by atoms with Gasteiger partial charge in [-0.25, -0.2) is 18.2 Å². The van der Waals surface area contributed by atoms with Crippen LogP contribution in [0.4, 0.5) is 4.79 Å². The lowest BCUT2D eigenvalue weighted by Crippen LogP contribution is -2.58. The Morgan fingerprint density at radius 3 is 2.29 bits per heavy atom. The summed E-state index contributed by atoms with van der Waals surface area (Å²) in [5.74, 6) is -0.338. The first-order valence-corrected chi connectivity index (χ1v) is 19.9. The molecule has 4 N–H and O–H groups in total. The topological polar surface area (TPSA) is 165 Å². The molecule has 1 aliphatic carbocycles. The maximum absolute atomic E-state index is 14.1. The number of aromatic nitrogens is 1. The van der Waals surface area contributed by atoms with E-state index in [1.54, 1.807) is 30.5 Å². The molecule has 3 atom stereocenters. The molecule has 1 heterocycles. The number of rotatable bonds is 17. The minimum absolute atomic E-state index is 0.0521. The normalized spacial score (nSPS) is 15.8. The molecule has 1 unspecified atom stereocenters. The molecule has 0 spiro atoms. The number of benzene rings is 2. The summed E-state index contributed by atoms with van der Waals surface area (Å²) >= 11 is 1.55. The van der Waals surface area contributed by atoms with Gasteiger partial charge in [0.15, 0.2) is 0 Å². The number of carbonyl (C=O) groups excluding carboxylic acids is 2. The van der Waals surface area contributed by atoms with Crippen molar-refractivity contribution in [1.82, 2.24) is 24.8 Å². The molecule has 3 aromatic rings. The first-order chi connectivity index (χ1) is 24.3.